The van der Waals surface area contributed by atoms with Gasteiger partial charge in [-0.1, -0.05) is 0 Å². The molecule has 0 spiro atoms. The molecule has 0 aromatic carbocycles. The summed E-state index contributed by atoms with van der Waals surface area (Å²) in [6.45, 7) is 1.83. The largest absolute Gasteiger partial charge is 0.319 e. The molecule has 0 saturated heterocycles. The Kier molecular flexibility index (Phi) is 3.78. The van der Waals surface area contributed by atoms with E-state index in [0.29, 0.717) is 11.5 Å². The van der Waals surface area contributed by atoms with Crippen molar-refractivity contribution in [2.24, 2.45) is 5.92 Å². The fourth-order valence-electron chi connectivity index (χ4n) is 1.93. The summed E-state index contributed by atoms with van der Waals surface area (Å²) >= 11 is 0. The van der Waals surface area contributed by atoms with E-state index in [1.54, 1.807) is 6.07 Å². The Morgan fingerprint density at radius 3 is 2.59 bits per heavy atom. The zero-order chi connectivity index (χ0) is 15.5. The predicted molar refractivity (Wildman–Crippen MR) is 80.3 cm³/mol. The SMILES string of the molecule is Cc1cc(NC(=O)C2CC2)ncc1NC(=O)c1cnccn1. The quantitative estimate of drug-likeness (QED) is 0.896. The van der Waals surface area contributed by atoms with E-state index in [1.807, 2.05) is 6.92 Å². The first kappa shape index (κ1) is 14.1. The van der Waals surface area contributed by atoms with Gasteiger partial charge >= 0.3 is 0 Å². The second-order valence-corrected chi connectivity index (χ2v) is 5.19. The highest BCUT2D eigenvalue weighted by atomic mass is 16.2. The third-order valence-corrected chi connectivity index (χ3v) is 3.35. The Labute approximate surface area is 127 Å². The minimum Gasteiger partial charge on any atom is -0.319 e. The van der Waals surface area contributed by atoms with Crippen molar-refractivity contribution >= 4 is 23.3 Å². The van der Waals surface area contributed by atoms with E-state index in [0.717, 1.165) is 18.4 Å². The minimum atomic E-state index is -0.354. The van der Waals surface area contributed by atoms with Crippen LogP contribution in [0, 0.1) is 12.8 Å². The Balaban J connectivity index is 1.69. The highest BCUT2D eigenvalue weighted by Gasteiger charge is 2.29. The molecule has 2 N–H and O–H groups in total. The average molecular weight is 297 g/mol. The number of nitrogens with one attached hydrogen (secondary N) is 2. The molecule has 0 radical (unpaired) electrons. The van der Waals surface area contributed by atoms with Crippen LogP contribution in [0.5, 0.6) is 0 Å². The van der Waals surface area contributed by atoms with Crippen molar-refractivity contribution in [3.63, 3.8) is 0 Å². The van der Waals surface area contributed by atoms with Gasteiger partial charge in [0.15, 0.2) is 0 Å². The lowest BCUT2D eigenvalue weighted by molar-refractivity contribution is -0.117. The lowest BCUT2D eigenvalue weighted by Crippen LogP contribution is -2.16. The van der Waals surface area contributed by atoms with Crippen molar-refractivity contribution in [3.8, 4) is 0 Å². The number of hydrogen-bond acceptors (Lipinski definition) is 5. The van der Waals surface area contributed by atoms with Crippen molar-refractivity contribution in [2.45, 2.75) is 19.8 Å². The third-order valence-electron chi connectivity index (χ3n) is 3.35. The lowest BCUT2D eigenvalue weighted by atomic mass is 10.2. The van der Waals surface area contributed by atoms with Gasteiger partial charge < -0.3 is 10.6 Å². The van der Waals surface area contributed by atoms with Crippen molar-refractivity contribution in [3.05, 3.63) is 42.1 Å². The van der Waals surface area contributed by atoms with Crippen molar-refractivity contribution < 1.29 is 9.59 Å². The van der Waals surface area contributed by atoms with E-state index in [9.17, 15) is 9.59 Å². The average Bonchev–Trinajstić information content (AvgIpc) is 3.35. The molecular formula is C15H15N5O2. The molecule has 7 heteroatoms. The van der Waals surface area contributed by atoms with Gasteiger partial charge in [-0.05, 0) is 31.4 Å². The van der Waals surface area contributed by atoms with Crippen LogP contribution in [-0.2, 0) is 4.79 Å². The summed E-state index contributed by atoms with van der Waals surface area (Å²) in [5.41, 5.74) is 1.60. The second kappa shape index (κ2) is 5.88. The van der Waals surface area contributed by atoms with Crippen LogP contribution >= 0.6 is 0 Å². The predicted octanol–water partition coefficient (Wildman–Crippen LogP) is 1.78. The zero-order valence-electron chi connectivity index (χ0n) is 12.0. The van der Waals surface area contributed by atoms with E-state index >= 15 is 0 Å². The molecule has 22 heavy (non-hydrogen) atoms. The number of carbonyl (C=O) groups is 2. The number of rotatable bonds is 4. The molecule has 0 unspecified atom stereocenters. The first-order valence-corrected chi connectivity index (χ1v) is 6.98. The molecule has 3 rings (SSSR count). The molecule has 0 atom stereocenters. The van der Waals surface area contributed by atoms with Gasteiger partial charge in [0.25, 0.3) is 5.91 Å². The molecule has 112 valence electrons. The molecule has 0 bridgehead atoms. The smallest absolute Gasteiger partial charge is 0.275 e. The molecule has 2 aromatic heterocycles. The third kappa shape index (κ3) is 3.25. The Morgan fingerprint density at radius 1 is 1.14 bits per heavy atom. The molecule has 2 amide bonds. The molecule has 1 aliphatic carbocycles. The number of anilines is 2. The van der Waals surface area contributed by atoms with Gasteiger partial charge in [0.1, 0.15) is 11.5 Å². The highest BCUT2D eigenvalue weighted by molar-refractivity contribution is 6.03. The molecule has 0 aliphatic heterocycles. The van der Waals surface area contributed by atoms with Crippen molar-refractivity contribution in [2.75, 3.05) is 10.6 Å². The molecule has 1 aliphatic rings. The van der Waals surface area contributed by atoms with Crippen molar-refractivity contribution in [1.82, 2.24) is 15.0 Å². The summed E-state index contributed by atoms with van der Waals surface area (Å²) < 4.78 is 0. The van der Waals surface area contributed by atoms with Crippen LogP contribution in [0.1, 0.15) is 28.9 Å². The summed E-state index contributed by atoms with van der Waals surface area (Å²) in [6.07, 6.45) is 7.75. The van der Waals surface area contributed by atoms with Gasteiger partial charge in [0.2, 0.25) is 5.91 Å². The number of hydrogen-bond donors (Lipinski definition) is 2. The molecule has 2 aromatic rings. The monoisotopic (exact) mass is 297 g/mol. The maximum atomic E-state index is 12.0. The van der Waals surface area contributed by atoms with E-state index < -0.39 is 0 Å². The fraction of sp³-hybridized carbons (Fsp3) is 0.267. The summed E-state index contributed by atoms with van der Waals surface area (Å²) in [6, 6.07) is 1.73. The van der Waals surface area contributed by atoms with E-state index in [-0.39, 0.29) is 23.4 Å². The van der Waals surface area contributed by atoms with E-state index in [2.05, 4.69) is 25.6 Å². The number of amides is 2. The number of nitrogens with zero attached hydrogens (tertiary/aromatic N) is 3. The molecule has 1 saturated carbocycles. The van der Waals surface area contributed by atoms with Crippen molar-refractivity contribution in [1.29, 1.82) is 0 Å². The van der Waals surface area contributed by atoms with Gasteiger partial charge in [-0.15, -0.1) is 0 Å². The standard InChI is InChI=1S/C15H15N5O2/c1-9-6-13(20-14(21)10-2-3-10)18-8-11(9)19-15(22)12-7-16-4-5-17-12/h4-8,10H,2-3H2,1H3,(H,19,22)(H,18,20,21). The van der Waals surface area contributed by atoms with Crippen LogP contribution in [-0.4, -0.2) is 26.8 Å². The van der Waals surface area contributed by atoms with Crippen LogP contribution in [0.2, 0.25) is 0 Å². The molecule has 2 heterocycles. The topological polar surface area (TPSA) is 96.9 Å². The number of pyridine rings is 1. The number of carbonyl (C=O) groups excluding carboxylic acids is 2. The summed E-state index contributed by atoms with van der Waals surface area (Å²) in [5.74, 6) is 0.265. The van der Waals surface area contributed by atoms with Gasteiger partial charge in [-0.25, -0.2) is 9.97 Å². The van der Waals surface area contributed by atoms with Gasteiger partial charge in [0, 0.05) is 18.3 Å². The lowest BCUT2D eigenvalue weighted by Gasteiger charge is -2.10. The summed E-state index contributed by atoms with van der Waals surface area (Å²) in [5, 5.41) is 5.50. The normalized spacial score (nSPS) is 13.5. The molecule has 1 fully saturated rings. The Morgan fingerprint density at radius 2 is 1.95 bits per heavy atom. The summed E-state index contributed by atoms with van der Waals surface area (Å²) in [7, 11) is 0. The zero-order valence-corrected chi connectivity index (χ0v) is 12.0. The Bertz CT molecular complexity index is 713. The maximum absolute atomic E-state index is 12.0. The van der Waals surface area contributed by atoms with Gasteiger partial charge in [-0.3, -0.25) is 14.6 Å². The molecular weight excluding hydrogens is 282 g/mol. The van der Waals surface area contributed by atoms with E-state index in [1.165, 1.54) is 24.8 Å². The minimum absolute atomic E-state index is 0.00301. The Hall–Kier alpha value is -2.83. The first-order valence-electron chi connectivity index (χ1n) is 6.98. The maximum Gasteiger partial charge on any atom is 0.275 e. The fourth-order valence-corrected chi connectivity index (χ4v) is 1.93. The summed E-state index contributed by atoms with van der Waals surface area (Å²) in [4.78, 5) is 35.7. The number of aromatic nitrogens is 3. The highest BCUT2D eigenvalue weighted by Crippen LogP contribution is 2.30. The van der Waals surface area contributed by atoms with Gasteiger partial charge in [-0.2, -0.15) is 0 Å². The second-order valence-electron chi connectivity index (χ2n) is 5.19. The van der Waals surface area contributed by atoms with Crippen LogP contribution < -0.4 is 10.6 Å². The van der Waals surface area contributed by atoms with Crippen LogP contribution in [0.15, 0.2) is 30.9 Å². The van der Waals surface area contributed by atoms with Gasteiger partial charge in [0.05, 0.1) is 18.1 Å². The van der Waals surface area contributed by atoms with Crippen LogP contribution in [0.25, 0.3) is 0 Å². The number of aryl methyl sites for hydroxylation is 1. The van der Waals surface area contributed by atoms with Crippen LogP contribution in [0.3, 0.4) is 0 Å². The van der Waals surface area contributed by atoms with Crippen LogP contribution in [0.4, 0.5) is 11.5 Å². The van der Waals surface area contributed by atoms with E-state index in [4.69, 9.17) is 0 Å². The first-order chi connectivity index (χ1) is 10.6. The molecule has 7 nitrogen and oxygen atoms in total.